The largest absolute Gasteiger partial charge is 0.507 e. The van der Waals surface area contributed by atoms with Crippen LogP contribution in [0.2, 0.25) is 0 Å². The van der Waals surface area contributed by atoms with Crippen LogP contribution in [0.3, 0.4) is 0 Å². The van der Waals surface area contributed by atoms with Gasteiger partial charge in [0.1, 0.15) is 11.6 Å². The molecule has 2 aromatic rings. The van der Waals surface area contributed by atoms with Crippen molar-refractivity contribution in [3.8, 4) is 17.2 Å². The van der Waals surface area contributed by atoms with Gasteiger partial charge in [0.05, 0.1) is 26.0 Å². The van der Waals surface area contributed by atoms with E-state index in [4.69, 9.17) is 9.47 Å². The van der Waals surface area contributed by atoms with Gasteiger partial charge in [0.25, 0.3) is 0 Å². The van der Waals surface area contributed by atoms with Crippen LogP contribution in [0.4, 0.5) is 4.39 Å². The zero-order valence-corrected chi connectivity index (χ0v) is 12.8. The predicted octanol–water partition coefficient (Wildman–Crippen LogP) is 2.99. The van der Waals surface area contributed by atoms with E-state index in [1.807, 2.05) is 18.2 Å². The van der Waals surface area contributed by atoms with Crippen molar-refractivity contribution in [2.75, 3.05) is 14.2 Å². The van der Waals surface area contributed by atoms with Crippen LogP contribution in [0, 0.1) is 5.82 Å². The highest BCUT2D eigenvalue weighted by Gasteiger charge is 2.24. The number of hydrazone groups is 1. The standard InChI is InChI=1S/C17H17FN2O3/c1-22-16-6-3-10(7-17(16)23-2)13-9-14(20-19-13)12-8-11(18)4-5-15(12)21/h3-8,13,19,21H,9H2,1-2H3. The van der Waals surface area contributed by atoms with E-state index in [1.165, 1.54) is 18.2 Å². The predicted molar refractivity (Wildman–Crippen MR) is 84.6 cm³/mol. The minimum absolute atomic E-state index is 0.0138. The van der Waals surface area contributed by atoms with Crippen LogP contribution in [-0.4, -0.2) is 25.0 Å². The van der Waals surface area contributed by atoms with Crippen molar-refractivity contribution >= 4 is 5.71 Å². The van der Waals surface area contributed by atoms with Gasteiger partial charge in [0.15, 0.2) is 11.5 Å². The minimum Gasteiger partial charge on any atom is -0.507 e. The average molecular weight is 316 g/mol. The number of benzene rings is 2. The molecule has 0 fully saturated rings. The lowest BCUT2D eigenvalue weighted by molar-refractivity contribution is 0.354. The third kappa shape index (κ3) is 2.92. The van der Waals surface area contributed by atoms with Gasteiger partial charge in [0.2, 0.25) is 0 Å². The van der Waals surface area contributed by atoms with Crippen molar-refractivity contribution in [1.29, 1.82) is 0 Å². The second kappa shape index (κ2) is 6.16. The molecule has 23 heavy (non-hydrogen) atoms. The molecule has 0 bridgehead atoms. The zero-order chi connectivity index (χ0) is 16.4. The molecular weight excluding hydrogens is 299 g/mol. The Morgan fingerprint density at radius 3 is 2.65 bits per heavy atom. The normalized spacial score (nSPS) is 16.7. The number of phenolic OH excluding ortho intramolecular Hbond substituents is 1. The quantitative estimate of drug-likeness (QED) is 0.910. The molecule has 0 saturated heterocycles. The van der Waals surface area contributed by atoms with E-state index in [0.717, 1.165) is 5.56 Å². The zero-order valence-electron chi connectivity index (χ0n) is 12.8. The van der Waals surface area contributed by atoms with Crippen LogP contribution in [0.5, 0.6) is 17.2 Å². The Bertz CT molecular complexity index is 761. The Morgan fingerprint density at radius 1 is 1.13 bits per heavy atom. The highest BCUT2D eigenvalue weighted by Crippen LogP contribution is 2.33. The Kier molecular flexibility index (Phi) is 4.06. The van der Waals surface area contributed by atoms with E-state index in [-0.39, 0.29) is 11.8 Å². The summed E-state index contributed by atoms with van der Waals surface area (Å²) in [5, 5.41) is 14.1. The van der Waals surface area contributed by atoms with E-state index in [9.17, 15) is 9.50 Å². The summed E-state index contributed by atoms with van der Waals surface area (Å²) in [5.74, 6) is 0.891. The summed E-state index contributed by atoms with van der Waals surface area (Å²) in [6.07, 6.45) is 0.534. The second-order valence-electron chi connectivity index (χ2n) is 5.22. The van der Waals surface area contributed by atoms with Crippen molar-refractivity contribution in [3.63, 3.8) is 0 Å². The molecule has 0 radical (unpaired) electrons. The number of ether oxygens (including phenoxy) is 2. The number of nitrogens with zero attached hydrogens (tertiary/aromatic N) is 1. The summed E-state index contributed by atoms with van der Waals surface area (Å²) in [7, 11) is 3.16. The first-order valence-electron chi connectivity index (χ1n) is 7.15. The summed E-state index contributed by atoms with van der Waals surface area (Å²) in [6.45, 7) is 0. The molecule has 1 aliphatic rings. The number of nitrogens with one attached hydrogen (secondary N) is 1. The van der Waals surface area contributed by atoms with Crippen LogP contribution < -0.4 is 14.9 Å². The molecule has 2 aromatic carbocycles. The van der Waals surface area contributed by atoms with Crippen LogP contribution in [0.25, 0.3) is 0 Å². The number of aromatic hydroxyl groups is 1. The molecule has 1 heterocycles. The number of phenols is 1. The average Bonchev–Trinajstić information content (AvgIpc) is 3.06. The first-order valence-corrected chi connectivity index (χ1v) is 7.15. The fourth-order valence-electron chi connectivity index (χ4n) is 2.61. The first-order chi connectivity index (χ1) is 11.1. The van der Waals surface area contributed by atoms with E-state index >= 15 is 0 Å². The highest BCUT2D eigenvalue weighted by atomic mass is 19.1. The fraction of sp³-hybridized carbons (Fsp3) is 0.235. The SMILES string of the molecule is COc1ccc(C2CC(c3cc(F)ccc3O)=NN2)cc1OC. The molecule has 0 amide bonds. The molecule has 3 rings (SSSR count). The maximum atomic E-state index is 13.4. The Morgan fingerprint density at radius 2 is 1.91 bits per heavy atom. The van der Waals surface area contributed by atoms with Gasteiger partial charge in [-0.15, -0.1) is 0 Å². The maximum absolute atomic E-state index is 13.4. The topological polar surface area (TPSA) is 63.1 Å². The number of methoxy groups -OCH3 is 2. The summed E-state index contributed by atoms with van der Waals surface area (Å²) in [5.41, 5.74) is 5.00. The van der Waals surface area contributed by atoms with Crippen LogP contribution in [-0.2, 0) is 0 Å². The number of hydrogen-bond donors (Lipinski definition) is 2. The van der Waals surface area contributed by atoms with Gasteiger partial charge in [-0.2, -0.15) is 5.10 Å². The Labute approximate surface area is 133 Å². The number of hydrogen-bond acceptors (Lipinski definition) is 5. The summed E-state index contributed by atoms with van der Waals surface area (Å²) < 4.78 is 23.9. The second-order valence-corrected chi connectivity index (χ2v) is 5.22. The molecule has 5 nitrogen and oxygen atoms in total. The Balaban J connectivity index is 1.83. The third-order valence-electron chi connectivity index (χ3n) is 3.83. The molecule has 120 valence electrons. The van der Waals surface area contributed by atoms with Crippen molar-refractivity contribution in [2.45, 2.75) is 12.5 Å². The van der Waals surface area contributed by atoms with Gasteiger partial charge >= 0.3 is 0 Å². The molecule has 6 heteroatoms. The van der Waals surface area contributed by atoms with Gasteiger partial charge in [0, 0.05) is 12.0 Å². The molecule has 1 atom stereocenters. The first kappa shape index (κ1) is 15.1. The van der Waals surface area contributed by atoms with Crippen molar-refractivity contribution in [1.82, 2.24) is 5.43 Å². The summed E-state index contributed by atoms with van der Waals surface area (Å²) >= 11 is 0. The van der Waals surface area contributed by atoms with Crippen molar-refractivity contribution in [3.05, 3.63) is 53.3 Å². The molecule has 1 unspecified atom stereocenters. The van der Waals surface area contributed by atoms with Gasteiger partial charge < -0.3 is 20.0 Å². The highest BCUT2D eigenvalue weighted by molar-refractivity contribution is 6.03. The van der Waals surface area contributed by atoms with E-state index in [2.05, 4.69) is 10.5 Å². The summed E-state index contributed by atoms with van der Waals surface area (Å²) in [4.78, 5) is 0. The van der Waals surface area contributed by atoms with E-state index < -0.39 is 5.82 Å². The van der Waals surface area contributed by atoms with Crippen LogP contribution >= 0.6 is 0 Å². The molecule has 1 aliphatic heterocycles. The summed E-state index contributed by atoms with van der Waals surface area (Å²) in [6, 6.07) is 9.38. The molecule has 0 spiro atoms. The number of halogens is 1. The Hall–Kier alpha value is -2.76. The smallest absolute Gasteiger partial charge is 0.161 e. The molecule has 0 aromatic heterocycles. The van der Waals surface area contributed by atoms with Crippen molar-refractivity contribution in [2.24, 2.45) is 5.10 Å². The van der Waals surface area contributed by atoms with E-state index in [0.29, 0.717) is 29.2 Å². The van der Waals surface area contributed by atoms with Gasteiger partial charge in [-0.1, -0.05) is 6.07 Å². The minimum atomic E-state index is -0.407. The van der Waals surface area contributed by atoms with Crippen LogP contribution in [0.15, 0.2) is 41.5 Å². The molecule has 2 N–H and O–H groups in total. The fourth-order valence-corrected chi connectivity index (χ4v) is 2.61. The van der Waals surface area contributed by atoms with Gasteiger partial charge in [-0.25, -0.2) is 4.39 Å². The molecule has 0 saturated carbocycles. The van der Waals surface area contributed by atoms with Crippen molar-refractivity contribution < 1.29 is 19.0 Å². The maximum Gasteiger partial charge on any atom is 0.161 e. The van der Waals surface area contributed by atoms with E-state index in [1.54, 1.807) is 14.2 Å². The van der Waals surface area contributed by atoms with Gasteiger partial charge in [-0.05, 0) is 35.9 Å². The number of rotatable bonds is 4. The lowest BCUT2D eigenvalue weighted by Gasteiger charge is -2.14. The lowest BCUT2D eigenvalue weighted by Crippen LogP contribution is -2.10. The van der Waals surface area contributed by atoms with Crippen LogP contribution in [0.1, 0.15) is 23.6 Å². The van der Waals surface area contributed by atoms with Gasteiger partial charge in [-0.3, -0.25) is 0 Å². The lowest BCUT2D eigenvalue weighted by atomic mass is 9.98. The third-order valence-corrected chi connectivity index (χ3v) is 3.83. The monoisotopic (exact) mass is 316 g/mol. The molecule has 0 aliphatic carbocycles. The molecular formula is C17H17FN2O3.